The highest BCUT2D eigenvalue weighted by Gasteiger charge is 2.32. The van der Waals surface area contributed by atoms with Crippen LogP contribution in [0.25, 0.3) is 66.1 Å². The van der Waals surface area contributed by atoms with Gasteiger partial charge in [0.25, 0.3) is 0 Å². The zero-order chi connectivity index (χ0) is 36.1. The largest absolute Gasteiger partial charge is 0.310 e. The summed E-state index contributed by atoms with van der Waals surface area (Å²) in [6.07, 6.45) is 10.4. The summed E-state index contributed by atoms with van der Waals surface area (Å²) in [4.78, 5) is 2.57. The summed E-state index contributed by atoms with van der Waals surface area (Å²) in [6, 6.07) is 50.1. The molecular weight excluding hydrogens is 639 g/mol. The molecule has 260 valence electrons. The fraction of sp³-hybridized carbons (Fsp3) is 0.192. The molecule has 53 heavy (non-hydrogen) atoms. The van der Waals surface area contributed by atoms with Crippen LogP contribution in [0.4, 0.5) is 11.4 Å². The molecule has 0 bridgehead atoms. The molecule has 0 amide bonds. The van der Waals surface area contributed by atoms with Gasteiger partial charge < -0.3 is 4.90 Å². The zero-order valence-corrected chi connectivity index (χ0v) is 31.4. The van der Waals surface area contributed by atoms with Crippen LogP contribution in [0.1, 0.15) is 58.1 Å². The molecule has 1 heteroatoms. The molecule has 0 saturated carbocycles. The van der Waals surface area contributed by atoms with Crippen molar-refractivity contribution >= 4 is 32.9 Å². The number of hydrogen-bond acceptors (Lipinski definition) is 1. The maximum Gasteiger partial charge on any atom is 0.0540 e. The van der Waals surface area contributed by atoms with E-state index in [-0.39, 0.29) is 0 Å². The van der Waals surface area contributed by atoms with Gasteiger partial charge >= 0.3 is 0 Å². The van der Waals surface area contributed by atoms with Crippen molar-refractivity contribution in [2.45, 2.75) is 59.8 Å². The summed E-state index contributed by atoms with van der Waals surface area (Å²) in [5, 5.41) is 5.22. The molecule has 1 atom stereocenters. The summed E-state index contributed by atoms with van der Waals surface area (Å²) in [5.74, 6) is 0.614. The van der Waals surface area contributed by atoms with E-state index in [0.717, 1.165) is 25.7 Å². The minimum Gasteiger partial charge on any atom is -0.310 e. The highest BCUT2D eigenvalue weighted by atomic mass is 15.1. The van der Waals surface area contributed by atoms with Crippen molar-refractivity contribution in [2.75, 3.05) is 4.90 Å². The lowest BCUT2D eigenvalue weighted by Gasteiger charge is -2.32. The number of benzene rings is 7. The summed E-state index contributed by atoms with van der Waals surface area (Å²) in [5.41, 5.74) is 18.7. The molecule has 0 aromatic heterocycles. The SMILES string of the molecule is CCC1=CC(N(c2ccc(CC)c(CC)c2)c2ccc3c4c(cccc24)-c2c-3c(-c3ccccc3)c3ccccc3c2-c2ccccc2)=CCC1CC. The van der Waals surface area contributed by atoms with Crippen LogP contribution in [0.5, 0.6) is 0 Å². The van der Waals surface area contributed by atoms with E-state index in [1.165, 1.54) is 101 Å². The molecule has 0 heterocycles. The average molecular weight is 686 g/mol. The van der Waals surface area contributed by atoms with E-state index in [2.05, 4.69) is 178 Å². The molecule has 7 aromatic rings. The van der Waals surface area contributed by atoms with Crippen molar-refractivity contribution in [2.24, 2.45) is 5.92 Å². The molecule has 0 radical (unpaired) electrons. The minimum atomic E-state index is 0.614. The van der Waals surface area contributed by atoms with Crippen molar-refractivity contribution < 1.29 is 0 Å². The van der Waals surface area contributed by atoms with E-state index in [1.807, 2.05) is 0 Å². The van der Waals surface area contributed by atoms with E-state index in [1.54, 1.807) is 5.57 Å². The Morgan fingerprint density at radius 2 is 1.13 bits per heavy atom. The lowest BCUT2D eigenvalue weighted by molar-refractivity contribution is 0.573. The summed E-state index contributed by atoms with van der Waals surface area (Å²) in [6.45, 7) is 9.22. The number of rotatable bonds is 9. The molecule has 0 fully saturated rings. The second-order valence-corrected chi connectivity index (χ2v) is 14.7. The first-order valence-electron chi connectivity index (χ1n) is 19.7. The molecule has 2 aliphatic carbocycles. The third-order valence-electron chi connectivity index (χ3n) is 12.0. The monoisotopic (exact) mass is 685 g/mol. The predicted octanol–water partition coefficient (Wildman–Crippen LogP) is 14.9. The molecule has 1 unspecified atom stereocenters. The third-order valence-corrected chi connectivity index (χ3v) is 12.0. The molecule has 1 nitrogen and oxygen atoms in total. The molecular formula is C52H47N. The summed E-state index contributed by atoms with van der Waals surface area (Å²) in [7, 11) is 0. The number of aryl methyl sites for hydroxylation is 2. The first kappa shape index (κ1) is 33.2. The predicted molar refractivity (Wildman–Crippen MR) is 229 cm³/mol. The van der Waals surface area contributed by atoms with Crippen LogP contribution in [-0.2, 0) is 12.8 Å². The van der Waals surface area contributed by atoms with Gasteiger partial charge in [-0.25, -0.2) is 0 Å². The van der Waals surface area contributed by atoms with Crippen LogP contribution in [0.3, 0.4) is 0 Å². The Hall–Kier alpha value is -5.66. The van der Waals surface area contributed by atoms with E-state index in [4.69, 9.17) is 0 Å². The molecule has 0 saturated heterocycles. The van der Waals surface area contributed by atoms with Crippen LogP contribution in [0.2, 0.25) is 0 Å². The van der Waals surface area contributed by atoms with Crippen LogP contribution >= 0.6 is 0 Å². The number of nitrogens with zero attached hydrogens (tertiary/aromatic N) is 1. The highest BCUT2D eigenvalue weighted by Crippen LogP contribution is 2.59. The Labute approximate surface area is 315 Å². The summed E-state index contributed by atoms with van der Waals surface area (Å²) >= 11 is 0. The van der Waals surface area contributed by atoms with E-state index in [0.29, 0.717) is 5.92 Å². The highest BCUT2D eigenvalue weighted by molar-refractivity contribution is 6.28. The van der Waals surface area contributed by atoms with Crippen LogP contribution < -0.4 is 4.90 Å². The van der Waals surface area contributed by atoms with Gasteiger partial charge in [0.2, 0.25) is 0 Å². The smallest absolute Gasteiger partial charge is 0.0540 e. The molecule has 0 aliphatic heterocycles. The van der Waals surface area contributed by atoms with E-state index >= 15 is 0 Å². The number of hydrogen-bond donors (Lipinski definition) is 0. The standard InChI is InChI=1S/C52H47N/c1-5-34-26-28-40(32-36(34)7-3)53(41-29-27-35(6-2)37(8-4)33-41)47-31-30-46-50-44(47)24-17-25-45(50)51-48(38-18-11-9-12-19-38)42-22-15-16-23-43(42)49(52(46)51)39-20-13-10-14-21-39/h9-26,28-33,35H,5-8,27H2,1-4H3. The first-order valence-corrected chi connectivity index (χ1v) is 19.7. The number of allylic oxidation sites excluding steroid dienone is 3. The Bertz CT molecular complexity index is 2480. The van der Waals surface area contributed by atoms with Crippen LogP contribution in [-0.4, -0.2) is 0 Å². The average Bonchev–Trinajstić information content (AvgIpc) is 3.55. The van der Waals surface area contributed by atoms with Crippen molar-refractivity contribution in [1.29, 1.82) is 0 Å². The zero-order valence-electron chi connectivity index (χ0n) is 31.4. The fourth-order valence-electron chi connectivity index (χ4n) is 9.40. The van der Waals surface area contributed by atoms with Gasteiger partial charge in [0.05, 0.1) is 5.69 Å². The molecule has 9 rings (SSSR count). The molecule has 7 aromatic carbocycles. The second-order valence-electron chi connectivity index (χ2n) is 14.7. The maximum absolute atomic E-state index is 2.57. The Kier molecular flexibility index (Phi) is 8.59. The molecule has 2 aliphatic rings. The Balaban J connectivity index is 1.37. The van der Waals surface area contributed by atoms with E-state index < -0.39 is 0 Å². The van der Waals surface area contributed by atoms with Crippen LogP contribution in [0, 0.1) is 5.92 Å². The number of fused-ring (bicyclic) bond motifs is 4. The van der Waals surface area contributed by atoms with Gasteiger partial charge in [0, 0.05) is 16.8 Å². The lowest BCUT2D eigenvalue weighted by Crippen LogP contribution is -2.20. The van der Waals surface area contributed by atoms with Crippen molar-refractivity contribution in [3.05, 3.63) is 168 Å². The van der Waals surface area contributed by atoms with Crippen LogP contribution in [0.15, 0.2) is 157 Å². The van der Waals surface area contributed by atoms with Gasteiger partial charge in [-0.3, -0.25) is 0 Å². The number of anilines is 2. The van der Waals surface area contributed by atoms with Gasteiger partial charge in [0.1, 0.15) is 0 Å². The third kappa shape index (κ3) is 5.36. The van der Waals surface area contributed by atoms with Gasteiger partial charge in [-0.05, 0) is 134 Å². The van der Waals surface area contributed by atoms with Crippen molar-refractivity contribution in [3.8, 4) is 44.5 Å². The lowest BCUT2D eigenvalue weighted by atomic mass is 9.82. The minimum absolute atomic E-state index is 0.614. The Morgan fingerprint density at radius 3 is 1.74 bits per heavy atom. The van der Waals surface area contributed by atoms with Crippen molar-refractivity contribution in [3.63, 3.8) is 0 Å². The first-order chi connectivity index (χ1) is 26.1. The molecule has 0 N–H and O–H groups in total. The maximum atomic E-state index is 2.57. The van der Waals surface area contributed by atoms with Gasteiger partial charge in [0.15, 0.2) is 0 Å². The molecule has 0 spiro atoms. The van der Waals surface area contributed by atoms with Gasteiger partial charge in [-0.15, -0.1) is 0 Å². The van der Waals surface area contributed by atoms with Crippen molar-refractivity contribution in [1.82, 2.24) is 0 Å². The fourth-order valence-corrected chi connectivity index (χ4v) is 9.40. The van der Waals surface area contributed by atoms with Gasteiger partial charge in [-0.1, -0.05) is 155 Å². The topological polar surface area (TPSA) is 3.24 Å². The summed E-state index contributed by atoms with van der Waals surface area (Å²) < 4.78 is 0. The normalized spacial score (nSPS) is 14.7. The quantitative estimate of drug-likeness (QED) is 0.146. The second kappa shape index (κ2) is 13.7. The van der Waals surface area contributed by atoms with E-state index in [9.17, 15) is 0 Å². The van der Waals surface area contributed by atoms with Gasteiger partial charge in [-0.2, -0.15) is 0 Å². The Morgan fingerprint density at radius 1 is 0.528 bits per heavy atom.